The highest BCUT2D eigenvalue weighted by Crippen LogP contribution is 2.16. The van der Waals surface area contributed by atoms with Crippen molar-refractivity contribution in [3.63, 3.8) is 0 Å². The number of likely N-dealkylation sites (tertiary alicyclic amines) is 1. The van der Waals surface area contributed by atoms with E-state index in [-0.39, 0.29) is 11.7 Å². The molecule has 1 saturated heterocycles. The topological polar surface area (TPSA) is 32.3 Å². The van der Waals surface area contributed by atoms with Crippen molar-refractivity contribution in [2.75, 3.05) is 13.1 Å². The van der Waals surface area contributed by atoms with Gasteiger partial charge in [0.05, 0.1) is 0 Å². The van der Waals surface area contributed by atoms with Gasteiger partial charge in [0.1, 0.15) is 5.82 Å². The van der Waals surface area contributed by atoms with E-state index in [0.717, 1.165) is 12.1 Å². The second-order valence-electron chi connectivity index (χ2n) is 6.66. The van der Waals surface area contributed by atoms with Crippen molar-refractivity contribution in [2.24, 2.45) is 0 Å². The summed E-state index contributed by atoms with van der Waals surface area (Å²) >= 11 is 0. The zero-order valence-corrected chi connectivity index (χ0v) is 14.5. The molecule has 1 aliphatic rings. The summed E-state index contributed by atoms with van der Waals surface area (Å²) in [6.07, 6.45) is 3.60. The number of hydrogen-bond acceptors (Lipinski definition) is 2. The van der Waals surface area contributed by atoms with E-state index in [1.54, 1.807) is 12.1 Å². The molecule has 1 amide bonds. The number of nitrogens with zero attached hydrogens (tertiary/aromatic N) is 1. The van der Waals surface area contributed by atoms with E-state index in [0.29, 0.717) is 19.4 Å². The predicted octanol–water partition coefficient (Wildman–Crippen LogP) is 3.67. The molecular weight excluding hydrogens is 315 g/mol. The number of rotatable bonds is 7. The molecule has 0 aliphatic carbocycles. The maximum atomic E-state index is 12.9. The smallest absolute Gasteiger partial charge is 0.220 e. The Bertz CT molecular complexity index is 693. The number of amides is 1. The molecule has 4 heteroatoms. The van der Waals surface area contributed by atoms with Gasteiger partial charge >= 0.3 is 0 Å². The Hall–Kier alpha value is -2.20. The largest absolute Gasteiger partial charge is 0.352 e. The molecule has 132 valence electrons. The molecule has 1 fully saturated rings. The minimum atomic E-state index is -0.247. The van der Waals surface area contributed by atoms with Crippen molar-refractivity contribution in [2.45, 2.75) is 38.8 Å². The lowest BCUT2D eigenvalue weighted by Gasteiger charge is -2.17. The summed E-state index contributed by atoms with van der Waals surface area (Å²) in [6.45, 7) is 3.85. The summed E-state index contributed by atoms with van der Waals surface area (Å²) in [5.74, 6) is -0.219. The first-order valence-electron chi connectivity index (χ1n) is 9.01. The van der Waals surface area contributed by atoms with Gasteiger partial charge in [-0.15, -0.1) is 0 Å². The molecule has 0 atom stereocenters. The van der Waals surface area contributed by atoms with Crippen LogP contribution in [0.3, 0.4) is 0 Å². The fraction of sp³-hybridized carbons (Fsp3) is 0.381. The molecule has 2 aromatic rings. The predicted molar refractivity (Wildman–Crippen MR) is 97.5 cm³/mol. The summed E-state index contributed by atoms with van der Waals surface area (Å²) in [5, 5.41) is 3.01. The molecule has 0 radical (unpaired) electrons. The molecule has 0 aromatic heterocycles. The van der Waals surface area contributed by atoms with Crippen LogP contribution in [0.5, 0.6) is 0 Å². The van der Waals surface area contributed by atoms with Crippen molar-refractivity contribution < 1.29 is 9.18 Å². The fourth-order valence-electron chi connectivity index (χ4n) is 3.26. The third-order valence-corrected chi connectivity index (χ3v) is 4.74. The van der Waals surface area contributed by atoms with E-state index in [1.165, 1.54) is 49.2 Å². The van der Waals surface area contributed by atoms with Crippen LogP contribution in [-0.2, 0) is 24.3 Å². The van der Waals surface area contributed by atoms with Crippen molar-refractivity contribution in [3.05, 3.63) is 71.0 Å². The Kier molecular flexibility index (Phi) is 6.18. The number of carbonyl (C=O) groups is 1. The minimum absolute atomic E-state index is 0.0281. The fourth-order valence-corrected chi connectivity index (χ4v) is 3.26. The highest BCUT2D eigenvalue weighted by Gasteiger charge is 2.13. The molecule has 0 spiro atoms. The zero-order valence-electron chi connectivity index (χ0n) is 14.5. The third-order valence-electron chi connectivity index (χ3n) is 4.74. The summed E-state index contributed by atoms with van der Waals surface area (Å²) in [6, 6.07) is 14.6. The van der Waals surface area contributed by atoms with Crippen molar-refractivity contribution in [1.82, 2.24) is 10.2 Å². The number of halogens is 1. The van der Waals surface area contributed by atoms with E-state index < -0.39 is 0 Å². The monoisotopic (exact) mass is 340 g/mol. The highest BCUT2D eigenvalue weighted by molar-refractivity contribution is 5.76. The van der Waals surface area contributed by atoms with Crippen LogP contribution in [0.2, 0.25) is 0 Å². The maximum absolute atomic E-state index is 12.9. The molecule has 2 aromatic carbocycles. The van der Waals surface area contributed by atoms with Gasteiger partial charge in [0.2, 0.25) is 5.91 Å². The van der Waals surface area contributed by atoms with Gasteiger partial charge < -0.3 is 5.32 Å². The first kappa shape index (κ1) is 17.6. The molecule has 1 aliphatic heterocycles. The van der Waals surface area contributed by atoms with Gasteiger partial charge in [-0.2, -0.15) is 0 Å². The van der Waals surface area contributed by atoms with Crippen molar-refractivity contribution >= 4 is 5.91 Å². The molecule has 0 unspecified atom stereocenters. The Morgan fingerprint density at radius 3 is 2.40 bits per heavy atom. The van der Waals surface area contributed by atoms with E-state index in [9.17, 15) is 9.18 Å². The molecule has 0 bridgehead atoms. The van der Waals surface area contributed by atoms with Crippen LogP contribution in [0.15, 0.2) is 48.5 Å². The van der Waals surface area contributed by atoms with E-state index in [4.69, 9.17) is 0 Å². The molecule has 1 heterocycles. The number of hydrogen-bond donors (Lipinski definition) is 1. The standard InChI is InChI=1S/C21H25FN2O/c22-20-10-7-17(8-11-20)9-12-21(25)23-15-18-5-1-2-6-19(18)16-24-13-3-4-14-24/h1-2,5-8,10-11H,3-4,9,12-16H2,(H,23,25). The minimum Gasteiger partial charge on any atom is -0.352 e. The van der Waals surface area contributed by atoms with Crippen molar-refractivity contribution in [3.8, 4) is 0 Å². The Labute approximate surface area is 148 Å². The summed E-state index contributed by atoms with van der Waals surface area (Å²) in [4.78, 5) is 14.6. The summed E-state index contributed by atoms with van der Waals surface area (Å²) < 4.78 is 12.9. The Balaban J connectivity index is 1.49. The second-order valence-corrected chi connectivity index (χ2v) is 6.66. The van der Waals surface area contributed by atoms with Crippen LogP contribution < -0.4 is 5.32 Å². The van der Waals surface area contributed by atoms with Crippen LogP contribution in [0, 0.1) is 5.82 Å². The first-order valence-corrected chi connectivity index (χ1v) is 9.01. The van der Waals surface area contributed by atoms with Gasteiger partial charge in [-0.25, -0.2) is 4.39 Å². The quantitative estimate of drug-likeness (QED) is 0.834. The highest BCUT2D eigenvalue weighted by atomic mass is 19.1. The van der Waals surface area contributed by atoms with Gasteiger partial charge in [-0.05, 0) is 61.2 Å². The lowest BCUT2D eigenvalue weighted by Crippen LogP contribution is -2.25. The zero-order chi connectivity index (χ0) is 17.5. The third kappa shape index (κ3) is 5.40. The van der Waals surface area contributed by atoms with Crippen LogP contribution in [-0.4, -0.2) is 23.9 Å². The van der Waals surface area contributed by atoms with Crippen LogP contribution in [0.25, 0.3) is 0 Å². The first-order chi connectivity index (χ1) is 12.2. The van der Waals surface area contributed by atoms with Gasteiger partial charge in [0.15, 0.2) is 0 Å². The van der Waals surface area contributed by atoms with E-state index in [1.807, 2.05) is 6.07 Å². The molecule has 3 nitrogen and oxygen atoms in total. The van der Waals surface area contributed by atoms with E-state index in [2.05, 4.69) is 28.4 Å². The van der Waals surface area contributed by atoms with Gasteiger partial charge in [0, 0.05) is 19.5 Å². The van der Waals surface area contributed by atoms with Crippen LogP contribution in [0.4, 0.5) is 4.39 Å². The number of nitrogens with one attached hydrogen (secondary N) is 1. The van der Waals surface area contributed by atoms with Gasteiger partial charge in [0.25, 0.3) is 0 Å². The van der Waals surface area contributed by atoms with E-state index >= 15 is 0 Å². The van der Waals surface area contributed by atoms with Gasteiger partial charge in [-0.1, -0.05) is 36.4 Å². The Morgan fingerprint density at radius 1 is 1.00 bits per heavy atom. The normalized spacial score (nSPS) is 14.6. The molecule has 3 rings (SSSR count). The summed E-state index contributed by atoms with van der Waals surface area (Å²) in [5.41, 5.74) is 3.46. The van der Waals surface area contributed by atoms with Crippen molar-refractivity contribution in [1.29, 1.82) is 0 Å². The summed E-state index contributed by atoms with van der Waals surface area (Å²) in [7, 11) is 0. The van der Waals surface area contributed by atoms with Crippen LogP contribution >= 0.6 is 0 Å². The average Bonchev–Trinajstić information content (AvgIpc) is 3.13. The number of carbonyl (C=O) groups excluding carboxylic acids is 1. The Morgan fingerprint density at radius 2 is 1.68 bits per heavy atom. The maximum Gasteiger partial charge on any atom is 0.220 e. The molecule has 25 heavy (non-hydrogen) atoms. The van der Waals surface area contributed by atoms with Crippen LogP contribution in [0.1, 0.15) is 36.0 Å². The molecule has 0 saturated carbocycles. The lowest BCUT2D eigenvalue weighted by molar-refractivity contribution is -0.121. The molecular formula is C21H25FN2O. The number of benzene rings is 2. The molecule has 1 N–H and O–H groups in total. The van der Waals surface area contributed by atoms with Gasteiger partial charge in [-0.3, -0.25) is 9.69 Å². The SMILES string of the molecule is O=C(CCc1ccc(F)cc1)NCc1ccccc1CN1CCCC1. The number of aryl methyl sites for hydroxylation is 1. The average molecular weight is 340 g/mol. The second kappa shape index (κ2) is 8.77. The lowest BCUT2D eigenvalue weighted by atomic mass is 10.1.